The summed E-state index contributed by atoms with van der Waals surface area (Å²) in [5.41, 5.74) is 2.61. The van der Waals surface area contributed by atoms with Crippen LogP contribution < -0.4 is 10.6 Å². The van der Waals surface area contributed by atoms with Gasteiger partial charge in [0.2, 0.25) is 0 Å². The van der Waals surface area contributed by atoms with Gasteiger partial charge in [-0.2, -0.15) is 0 Å². The van der Waals surface area contributed by atoms with E-state index in [1.807, 2.05) is 0 Å². The molecule has 1 heterocycles. The molecule has 5 heteroatoms. The van der Waals surface area contributed by atoms with E-state index in [1.165, 1.54) is 16.5 Å². The van der Waals surface area contributed by atoms with Crippen molar-refractivity contribution in [1.29, 1.82) is 0 Å². The average molecular weight is 428 g/mol. The number of aromatic nitrogens is 1. The molecule has 2 aromatic rings. The number of nitrogens with zero attached hydrogens (tertiary/aromatic N) is 1. The van der Waals surface area contributed by atoms with Crippen molar-refractivity contribution in [3.8, 4) is 0 Å². The van der Waals surface area contributed by atoms with Crippen molar-refractivity contribution in [3.63, 3.8) is 0 Å². The van der Waals surface area contributed by atoms with Crippen LogP contribution in [0.15, 0.2) is 35.5 Å². The van der Waals surface area contributed by atoms with Gasteiger partial charge >= 0.3 is 0 Å². The molecule has 4 nitrogen and oxygen atoms in total. The Morgan fingerprint density at radius 2 is 2.00 bits per heavy atom. The molecule has 0 aliphatic heterocycles. The molecular weight excluding hydrogens is 399 g/mol. The molecule has 0 spiro atoms. The average Bonchev–Trinajstić information content (AvgIpc) is 2.92. The Labute approximate surface area is 156 Å². The fraction of sp³-hybridized carbons (Fsp3) is 0.500. The maximum absolute atomic E-state index is 4.59. The van der Waals surface area contributed by atoms with Gasteiger partial charge in [-0.25, -0.2) is 0 Å². The number of halogens is 1. The monoisotopic (exact) mass is 428 g/mol. The van der Waals surface area contributed by atoms with Crippen LogP contribution in [0.5, 0.6) is 0 Å². The van der Waals surface area contributed by atoms with Crippen LogP contribution in [0.25, 0.3) is 10.9 Å². The van der Waals surface area contributed by atoms with E-state index in [9.17, 15) is 0 Å². The Bertz CT molecular complexity index is 604. The molecule has 2 rings (SSSR count). The van der Waals surface area contributed by atoms with Crippen LogP contribution in [-0.4, -0.2) is 30.6 Å². The molecule has 0 bridgehead atoms. The minimum absolute atomic E-state index is 0. The number of fused-ring (bicyclic) bond motifs is 1. The topological polar surface area (TPSA) is 52.2 Å². The summed E-state index contributed by atoms with van der Waals surface area (Å²) in [7, 11) is 0. The number of guanidine groups is 1. The lowest BCUT2D eigenvalue weighted by Gasteiger charge is -2.11. The number of nitrogens with one attached hydrogen (secondary N) is 3. The van der Waals surface area contributed by atoms with E-state index in [-0.39, 0.29) is 24.0 Å². The van der Waals surface area contributed by atoms with Crippen LogP contribution in [0.4, 0.5) is 0 Å². The minimum Gasteiger partial charge on any atom is -0.361 e. The summed E-state index contributed by atoms with van der Waals surface area (Å²) >= 11 is 0. The first-order valence-electron chi connectivity index (χ1n) is 8.28. The van der Waals surface area contributed by atoms with Crippen LogP contribution in [0.1, 0.15) is 32.8 Å². The highest BCUT2D eigenvalue weighted by Crippen LogP contribution is 2.18. The first kappa shape index (κ1) is 19.8. The number of aromatic amines is 1. The second-order valence-corrected chi connectivity index (χ2v) is 6.00. The first-order valence-corrected chi connectivity index (χ1v) is 8.28. The quantitative estimate of drug-likeness (QED) is 0.271. The zero-order valence-electron chi connectivity index (χ0n) is 14.4. The fourth-order valence-corrected chi connectivity index (χ4v) is 2.44. The molecule has 0 amide bonds. The van der Waals surface area contributed by atoms with Gasteiger partial charge in [0, 0.05) is 36.7 Å². The summed E-state index contributed by atoms with van der Waals surface area (Å²) in [6.07, 6.45) is 4.29. The molecule has 0 fully saturated rings. The Hall–Kier alpha value is -1.24. The van der Waals surface area contributed by atoms with Gasteiger partial charge in [-0.1, -0.05) is 32.0 Å². The van der Waals surface area contributed by atoms with E-state index in [4.69, 9.17) is 0 Å². The van der Waals surface area contributed by atoms with Gasteiger partial charge in [-0.15, -0.1) is 24.0 Å². The van der Waals surface area contributed by atoms with Crippen molar-refractivity contribution < 1.29 is 0 Å². The van der Waals surface area contributed by atoms with Gasteiger partial charge in [-0.05, 0) is 37.3 Å². The lowest BCUT2D eigenvalue weighted by Crippen LogP contribution is -2.38. The molecule has 23 heavy (non-hydrogen) atoms. The third kappa shape index (κ3) is 6.41. The zero-order valence-corrected chi connectivity index (χ0v) is 16.7. The number of aryl methyl sites for hydroxylation is 1. The van der Waals surface area contributed by atoms with Crippen LogP contribution in [0.2, 0.25) is 0 Å². The van der Waals surface area contributed by atoms with Gasteiger partial charge in [0.25, 0.3) is 0 Å². The molecule has 0 aliphatic rings. The second-order valence-electron chi connectivity index (χ2n) is 6.00. The van der Waals surface area contributed by atoms with Crippen LogP contribution >= 0.6 is 24.0 Å². The zero-order chi connectivity index (χ0) is 15.8. The van der Waals surface area contributed by atoms with Crippen molar-refractivity contribution in [2.45, 2.75) is 33.6 Å². The van der Waals surface area contributed by atoms with E-state index in [0.717, 1.165) is 38.4 Å². The first-order chi connectivity index (χ1) is 10.7. The van der Waals surface area contributed by atoms with Crippen molar-refractivity contribution in [2.24, 2.45) is 10.9 Å². The molecule has 3 N–H and O–H groups in total. The highest BCUT2D eigenvalue weighted by molar-refractivity contribution is 14.0. The summed E-state index contributed by atoms with van der Waals surface area (Å²) in [5, 5.41) is 8.05. The van der Waals surface area contributed by atoms with Crippen molar-refractivity contribution >= 4 is 40.8 Å². The van der Waals surface area contributed by atoms with Crippen LogP contribution in [0, 0.1) is 5.92 Å². The highest BCUT2D eigenvalue weighted by atomic mass is 127. The fourth-order valence-electron chi connectivity index (χ4n) is 2.44. The third-order valence-corrected chi connectivity index (χ3v) is 3.55. The van der Waals surface area contributed by atoms with Crippen molar-refractivity contribution in [1.82, 2.24) is 15.6 Å². The van der Waals surface area contributed by atoms with Gasteiger partial charge < -0.3 is 15.6 Å². The van der Waals surface area contributed by atoms with E-state index in [0.29, 0.717) is 5.92 Å². The predicted octanol–water partition coefficient (Wildman–Crippen LogP) is 3.93. The summed E-state index contributed by atoms with van der Waals surface area (Å²) in [4.78, 5) is 7.92. The summed E-state index contributed by atoms with van der Waals surface area (Å²) in [6.45, 7) is 9.15. The molecule has 1 aromatic heterocycles. The standard InChI is InChI=1S/C18H28N4.HI/c1-4-19-18(22-12-14(2)3)20-11-7-8-15-13-21-17-10-6-5-9-16(15)17;/h5-6,9-10,13-14,21H,4,7-8,11-12H2,1-3H3,(H2,19,20,22);1H. The molecular formula is C18H29IN4. The molecule has 0 unspecified atom stereocenters. The lowest BCUT2D eigenvalue weighted by atomic mass is 10.1. The molecule has 0 saturated heterocycles. The number of hydrogen-bond donors (Lipinski definition) is 3. The molecule has 0 radical (unpaired) electrons. The molecule has 128 valence electrons. The number of rotatable bonds is 7. The minimum atomic E-state index is 0. The number of hydrogen-bond acceptors (Lipinski definition) is 1. The second kappa shape index (κ2) is 10.5. The normalized spacial score (nSPS) is 11.6. The smallest absolute Gasteiger partial charge is 0.191 e. The molecule has 1 aromatic carbocycles. The maximum Gasteiger partial charge on any atom is 0.191 e. The number of aliphatic imine (C=N–C) groups is 1. The van der Waals surface area contributed by atoms with Crippen molar-refractivity contribution in [3.05, 3.63) is 36.0 Å². The van der Waals surface area contributed by atoms with E-state index in [1.54, 1.807) is 0 Å². The Morgan fingerprint density at radius 3 is 2.74 bits per heavy atom. The summed E-state index contributed by atoms with van der Waals surface area (Å²) in [5.74, 6) is 1.51. The molecule has 0 saturated carbocycles. The maximum atomic E-state index is 4.59. The predicted molar refractivity (Wildman–Crippen MR) is 111 cm³/mol. The van der Waals surface area contributed by atoms with E-state index >= 15 is 0 Å². The highest BCUT2D eigenvalue weighted by Gasteiger charge is 2.03. The largest absolute Gasteiger partial charge is 0.361 e. The van der Waals surface area contributed by atoms with Crippen LogP contribution in [0.3, 0.4) is 0 Å². The van der Waals surface area contributed by atoms with E-state index < -0.39 is 0 Å². The van der Waals surface area contributed by atoms with Gasteiger partial charge in [-0.3, -0.25) is 4.99 Å². The third-order valence-electron chi connectivity index (χ3n) is 3.55. The molecule has 0 aliphatic carbocycles. The van der Waals surface area contributed by atoms with Gasteiger partial charge in [0.05, 0.1) is 0 Å². The van der Waals surface area contributed by atoms with Gasteiger partial charge in [0.15, 0.2) is 5.96 Å². The SMILES string of the molecule is CCNC(=NCC(C)C)NCCCc1c[nH]c2ccccc12.I. The summed E-state index contributed by atoms with van der Waals surface area (Å²) < 4.78 is 0. The Morgan fingerprint density at radius 1 is 1.22 bits per heavy atom. The van der Waals surface area contributed by atoms with E-state index in [2.05, 4.69) is 71.8 Å². The summed E-state index contributed by atoms with van der Waals surface area (Å²) in [6, 6.07) is 8.47. The van der Waals surface area contributed by atoms with Crippen LogP contribution in [-0.2, 0) is 6.42 Å². The Balaban J connectivity index is 0.00000264. The van der Waals surface area contributed by atoms with Gasteiger partial charge in [0.1, 0.15) is 0 Å². The number of para-hydroxylation sites is 1. The lowest BCUT2D eigenvalue weighted by molar-refractivity contribution is 0.654. The number of H-pyrrole nitrogens is 1. The van der Waals surface area contributed by atoms with Crippen molar-refractivity contribution in [2.75, 3.05) is 19.6 Å². The molecule has 0 atom stereocenters. The number of benzene rings is 1. The Kier molecular flexibility index (Phi) is 9.06.